The molecule has 5 rings (SSSR count). The predicted molar refractivity (Wildman–Crippen MR) is 115 cm³/mol. The molecule has 0 aliphatic carbocycles. The number of fused-ring (bicyclic) bond motifs is 2. The van der Waals surface area contributed by atoms with Gasteiger partial charge in [0.15, 0.2) is 11.5 Å². The van der Waals surface area contributed by atoms with Crippen LogP contribution in [0.5, 0.6) is 11.5 Å². The molecule has 1 aromatic carbocycles. The van der Waals surface area contributed by atoms with Crippen LogP contribution in [0, 0.1) is 5.92 Å². The van der Waals surface area contributed by atoms with Gasteiger partial charge in [-0.15, -0.1) is 0 Å². The number of H-pyrrole nitrogens is 1. The number of ether oxygens (including phenoxy) is 2. The zero-order valence-electron chi connectivity index (χ0n) is 17.2. The van der Waals surface area contributed by atoms with Crippen LogP contribution in [0.4, 0.5) is 5.82 Å². The highest BCUT2D eigenvalue weighted by molar-refractivity contribution is 5.91. The van der Waals surface area contributed by atoms with E-state index in [1.807, 2.05) is 25.5 Å². The van der Waals surface area contributed by atoms with Crippen molar-refractivity contribution in [3.63, 3.8) is 0 Å². The van der Waals surface area contributed by atoms with Crippen molar-refractivity contribution >= 4 is 16.9 Å². The smallest absolute Gasteiger partial charge is 0.161 e. The molecule has 4 aromatic rings. The highest BCUT2D eigenvalue weighted by Gasteiger charge is 2.21. The van der Waals surface area contributed by atoms with Gasteiger partial charge in [-0.05, 0) is 29.7 Å². The Hall–Kier alpha value is -3.55. The summed E-state index contributed by atoms with van der Waals surface area (Å²) in [5.74, 6) is 2.71. The van der Waals surface area contributed by atoms with Gasteiger partial charge in [0.2, 0.25) is 0 Å². The molecule has 8 nitrogen and oxygen atoms in total. The van der Waals surface area contributed by atoms with Crippen LogP contribution in [0.3, 0.4) is 0 Å². The lowest BCUT2D eigenvalue weighted by Crippen LogP contribution is -2.19. The summed E-state index contributed by atoms with van der Waals surface area (Å²) >= 11 is 0. The topological polar surface area (TPSA) is 89.9 Å². The molecule has 0 saturated heterocycles. The molecule has 0 saturated carbocycles. The Morgan fingerprint density at radius 2 is 1.93 bits per heavy atom. The van der Waals surface area contributed by atoms with Gasteiger partial charge in [-0.3, -0.25) is 4.68 Å². The molecule has 0 fully saturated rings. The van der Waals surface area contributed by atoms with E-state index in [2.05, 4.69) is 57.4 Å². The summed E-state index contributed by atoms with van der Waals surface area (Å²) in [5.41, 5.74) is 3.89. The third-order valence-electron chi connectivity index (χ3n) is 5.33. The molecule has 0 amide bonds. The maximum Gasteiger partial charge on any atom is 0.161 e. The molecule has 3 aromatic heterocycles. The first kappa shape index (κ1) is 18.5. The number of aromatic nitrogens is 5. The Bertz CT molecular complexity index is 1200. The van der Waals surface area contributed by atoms with E-state index in [1.54, 1.807) is 11.0 Å². The van der Waals surface area contributed by atoms with E-state index >= 15 is 0 Å². The summed E-state index contributed by atoms with van der Waals surface area (Å²) < 4.78 is 13.2. The molecule has 30 heavy (non-hydrogen) atoms. The van der Waals surface area contributed by atoms with E-state index in [0.717, 1.165) is 45.2 Å². The molecule has 154 valence electrons. The Morgan fingerprint density at radius 3 is 2.70 bits per heavy atom. The standard InChI is InChI=1S/C22H24N6O2/c1-13(2)20(14-4-5-18-19(8-14)30-7-6-29-18)27-22-16-9-17(15-10-25-28(3)11-15)26-21(16)23-12-24-22/h4-5,8-13,20H,6-7H2,1-3H3,(H2,23,24,26,27)/t20-/m1/s1. The van der Waals surface area contributed by atoms with E-state index in [1.165, 1.54) is 0 Å². The summed E-state index contributed by atoms with van der Waals surface area (Å²) in [6.07, 6.45) is 5.38. The number of aromatic amines is 1. The monoisotopic (exact) mass is 404 g/mol. The van der Waals surface area contributed by atoms with Crippen molar-refractivity contribution in [3.05, 3.63) is 48.5 Å². The van der Waals surface area contributed by atoms with Crippen molar-refractivity contribution in [2.45, 2.75) is 19.9 Å². The highest BCUT2D eigenvalue weighted by atomic mass is 16.6. The summed E-state index contributed by atoms with van der Waals surface area (Å²) in [4.78, 5) is 12.3. The normalized spacial score (nSPS) is 14.3. The number of hydrogen-bond donors (Lipinski definition) is 2. The lowest BCUT2D eigenvalue weighted by atomic mass is 9.95. The molecule has 0 unspecified atom stereocenters. The first-order valence-corrected chi connectivity index (χ1v) is 10.1. The van der Waals surface area contributed by atoms with Crippen LogP contribution in [0.15, 0.2) is 43.0 Å². The molecule has 1 atom stereocenters. The van der Waals surface area contributed by atoms with E-state index < -0.39 is 0 Å². The van der Waals surface area contributed by atoms with Crippen molar-refractivity contribution < 1.29 is 9.47 Å². The van der Waals surface area contributed by atoms with Gasteiger partial charge < -0.3 is 19.8 Å². The van der Waals surface area contributed by atoms with Gasteiger partial charge >= 0.3 is 0 Å². The Morgan fingerprint density at radius 1 is 1.10 bits per heavy atom. The first-order chi connectivity index (χ1) is 14.6. The molecule has 2 N–H and O–H groups in total. The molecule has 0 bridgehead atoms. The second-order valence-corrected chi connectivity index (χ2v) is 7.84. The minimum absolute atomic E-state index is 0.0515. The summed E-state index contributed by atoms with van der Waals surface area (Å²) in [5, 5.41) is 8.83. The number of nitrogens with zero attached hydrogens (tertiary/aromatic N) is 4. The van der Waals surface area contributed by atoms with Crippen LogP contribution in [-0.4, -0.2) is 37.9 Å². The number of rotatable bonds is 5. The molecular formula is C22H24N6O2. The van der Waals surface area contributed by atoms with Crippen molar-refractivity contribution in [3.8, 4) is 22.8 Å². The quantitative estimate of drug-likeness (QED) is 0.524. The van der Waals surface area contributed by atoms with E-state index in [-0.39, 0.29) is 6.04 Å². The minimum atomic E-state index is 0.0515. The average Bonchev–Trinajstić information content (AvgIpc) is 3.38. The Balaban J connectivity index is 1.50. The summed E-state index contributed by atoms with van der Waals surface area (Å²) in [6.45, 7) is 5.53. The maximum absolute atomic E-state index is 5.78. The first-order valence-electron chi connectivity index (χ1n) is 10.1. The van der Waals surface area contributed by atoms with Crippen LogP contribution in [0.25, 0.3) is 22.3 Å². The molecule has 1 aliphatic heterocycles. The van der Waals surface area contributed by atoms with Gasteiger partial charge in [0.25, 0.3) is 0 Å². The minimum Gasteiger partial charge on any atom is -0.486 e. The lowest BCUT2D eigenvalue weighted by Gasteiger charge is -2.26. The van der Waals surface area contributed by atoms with Gasteiger partial charge in [-0.1, -0.05) is 19.9 Å². The van der Waals surface area contributed by atoms with Crippen molar-refractivity contribution in [2.24, 2.45) is 13.0 Å². The van der Waals surface area contributed by atoms with Crippen molar-refractivity contribution in [2.75, 3.05) is 18.5 Å². The van der Waals surface area contributed by atoms with Gasteiger partial charge in [0, 0.05) is 18.8 Å². The number of hydrogen-bond acceptors (Lipinski definition) is 6. The van der Waals surface area contributed by atoms with Crippen LogP contribution < -0.4 is 14.8 Å². The molecule has 0 spiro atoms. The average molecular weight is 404 g/mol. The maximum atomic E-state index is 5.78. The number of nitrogens with one attached hydrogen (secondary N) is 2. The van der Waals surface area contributed by atoms with E-state index in [0.29, 0.717) is 19.1 Å². The summed E-state index contributed by atoms with van der Waals surface area (Å²) in [6, 6.07) is 8.24. The number of anilines is 1. The van der Waals surface area contributed by atoms with E-state index in [4.69, 9.17) is 9.47 Å². The second kappa shape index (κ2) is 7.37. The Kier molecular flexibility index (Phi) is 4.54. The molecule has 0 radical (unpaired) electrons. The second-order valence-electron chi connectivity index (χ2n) is 7.84. The molecule has 8 heteroatoms. The van der Waals surface area contributed by atoms with Crippen LogP contribution in [-0.2, 0) is 7.05 Å². The van der Waals surface area contributed by atoms with Gasteiger partial charge in [0.05, 0.1) is 23.3 Å². The fourth-order valence-electron chi connectivity index (χ4n) is 3.81. The largest absolute Gasteiger partial charge is 0.486 e. The van der Waals surface area contributed by atoms with Crippen LogP contribution in [0.1, 0.15) is 25.5 Å². The molecular weight excluding hydrogens is 380 g/mol. The lowest BCUT2D eigenvalue weighted by molar-refractivity contribution is 0.171. The van der Waals surface area contributed by atoms with Crippen molar-refractivity contribution in [1.29, 1.82) is 0 Å². The van der Waals surface area contributed by atoms with Crippen LogP contribution >= 0.6 is 0 Å². The Labute approximate surface area is 174 Å². The predicted octanol–water partition coefficient (Wildman–Crippen LogP) is 3.94. The molecule has 1 aliphatic rings. The number of aryl methyl sites for hydroxylation is 1. The summed E-state index contributed by atoms with van der Waals surface area (Å²) in [7, 11) is 1.90. The van der Waals surface area contributed by atoms with Gasteiger partial charge in [-0.25, -0.2) is 9.97 Å². The van der Waals surface area contributed by atoms with Gasteiger partial charge in [0.1, 0.15) is 31.0 Å². The van der Waals surface area contributed by atoms with Crippen LogP contribution in [0.2, 0.25) is 0 Å². The van der Waals surface area contributed by atoms with E-state index in [9.17, 15) is 0 Å². The zero-order valence-corrected chi connectivity index (χ0v) is 17.2. The SMILES string of the molecule is CC(C)[C@@H](Nc1ncnc2[nH]c(-c3cnn(C)c3)cc12)c1ccc2c(c1)OCCO2. The third kappa shape index (κ3) is 3.34. The van der Waals surface area contributed by atoms with Crippen molar-refractivity contribution in [1.82, 2.24) is 24.7 Å². The fourth-order valence-corrected chi connectivity index (χ4v) is 3.81. The fraction of sp³-hybridized carbons (Fsp3) is 0.318. The third-order valence-corrected chi connectivity index (χ3v) is 5.33. The number of benzene rings is 1. The zero-order chi connectivity index (χ0) is 20.7. The highest BCUT2D eigenvalue weighted by Crippen LogP contribution is 2.36. The van der Waals surface area contributed by atoms with Gasteiger partial charge in [-0.2, -0.15) is 5.10 Å². The molecule has 4 heterocycles.